The van der Waals surface area contributed by atoms with E-state index in [0.717, 1.165) is 19.6 Å². The summed E-state index contributed by atoms with van der Waals surface area (Å²) < 4.78 is 6.13. The molecule has 1 saturated carbocycles. The van der Waals surface area contributed by atoms with Crippen molar-refractivity contribution < 1.29 is 4.74 Å². The van der Waals surface area contributed by atoms with Gasteiger partial charge in [0, 0.05) is 25.7 Å². The first kappa shape index (κ1) is 14.3. The Bertz CT molecular complexity index is 272. The minimum atomic E-state index is -0.0412. The van der Waals surface area contributed by atoms with Gasteiger partial charge in [-0.05, 0) is 46.5 Å². The van der Waals surface area contributed by atoms with Crippen molar-refractivity contribution in [2.45, 2.75) is 70.6 Å². The number of hydrogen-bond acceptors (Lipinski definition) is 3. The van der Waals surface area contributed by atoms with Gasteiger partial charge < -0.3 is 10.5 Å². The average molecular weight is 254 g/mol. The molecule has 2 aliphatic rings. The van der Waals surface area contributed by atoms with Gasteiger partial charge in [0.15, 0.2) is 0 Å². The van der Waals surface area contributed by atoms with Crippen LogP contribution in [0, 0.1) is 5.92 Å². The molecular weight excluding hydrogens is 224 g/mol. The maximum Gasteiger partial charge on any atom is 0.0760 e. The van der Waals surface area contributed by atoms with Crippen molar-refractivity contribution >= 4 is 0 Å². The number of morpholine rings is 1. The summed E-state index contributed by atoms with van der Waals surface area (Å²) in [6.07, 6.45) is 5.19. The van der Waals surface area contributed by atoms with E-state index in [-0.39, 0.29) is 11.2 Å². The molecule has 1 aliphatic heterocycles. The largest absolute Gasteiger partial charge is 0.367 e. The van der Waals surface area contributed by atoms with Crippen molar-refractivity contribution in [1.82, 2.24) is 4.90 Å². The predicted octanol–water partition coefficient (Wildman–Crippen LogP) is 2.39. The first-order valence-electron chi connectivity index (χ1n) is 7.46. The third-order valence-electron chi connectivity index (χ3n) is 4.22. The maximum absolute atomic E-state index is 6.27. The summed E-state index contributed by atoms with van der Waals surface area (Å²) in [4.78, 5) is 2.57. The number of rotatable bonds is 2. The SMILES string of the molecule is CC1(C)CN(CC2CCCCC2N)CC(C)(C)O1. The van der Waals surface area contributed by atoms with E-state index in [1.807, 2.05) is 0 Å². The lowest BCUT2D eigenvalue weighted by Crippen LogP contribution is -2.58. The van der Waals surface area contributed by atoms with Crippen molar-refractivity contribution in [3.05, 3.63) is 0 Å². The fourth-order valence-corrected chi connectivity index (χ4v) is 3.87. The Labute approximate surface area is 112 Å². The average Bonchev–Trinajstić information content (AvgIpc) is 2.16. The zero-order valence-corrected chi connectivity index (χ0v) is 12.5. The zero-order valence-electron chi connectivity index (χ0n) is 12.5. The van der Waals surface area contributed by atoms with Gasteiger partial charge in [0.2, 0.25) is 0 Å². The van der Waals surface area contributed by atoms with Crippen molar-refractivity contribution in [2.75, 3.05) is 19.6 Å². The number of nitrogens with two attached hydrogens (primary N) is 1. The van der Waals surface area contributed by atoms with E-state index in [4.69, 9.17) is 10.5 Å². The van der Waals surface area contributed by atoms with Crippen LogP contribution in [0.3, 0.4) is 0 Å². The predicted molar refractivity (Wildman–Crippen MR) is 75.6 cm³/mol. The summed E-state index contributed by atoms with van der Waals surface area (Å²) in [7, 11) is 0. The topological polar surface area (TPSA) is 38.5 Å². The van der Waals surface area contributed by atoms with E-state index in [0.29, 0.717) is 12.0 Å². The fraction of sp³-hybridized carbons (Fsp3) is 1.00. The Morgan fingerprint density at radius 3 is 2.17 bits per heavy atom. The lowest BCUT2D eigenvalue weighted by molar-refractivity contribution is -0.182. The molecule has 3 heteroatoms. The molecule has 2 unspecified atom stereocenters. The second-order valence-electron chi connectivity index (χ2n) is 7.50. The zero-order chi connectivity index (χ0) is 13.4. The molecule has 1 aliphatic carbocycles. The van der Waals surface area contributed by atoms with Crippen molar-refractivity contribution in [2.24, 2.45) is 11.7 Å². The monoisotopic (exact) mass is 254 g/mol. The third-order valence-corrected chi connectivity index (χ3v) is 4.22. The molecule has 0 spiro atoms. The summed E-state index contributed by atoms with van der Waals surface area (Å²) in [6, 6.07) is 0.410. The second-order valence-corrected chi connectivity index (χ2v) is 7.50. The van der Waals surface area contributed by atoms with Crippen LogP contribution in [0.5, 0.6) is 0 Å². The van der Waals surface area contributed by atoms with Gasteiger partial charge >= 0.3 is 0 Å². The molecule has 106 valence electrons. The molecule has 0 aromatic heterocycles. The molecule has 3 nitrogen and oxygen atoms in total. The standard InChI is InChI=1S/C15H30N2O/c1-14(2)10-17(11-15(3,4)18-14)9-12-7-5-6-8-13(12)16/h12-13H,5-11,16H2,1-4H3. The molecule has 2 fully saturated rings. The van der Waals surface area contributed by atoms with Crippen molar-refractivity contribution in [3.63, 3.8) is 0 Å². The molecule has 2 rings (SSSR count). The smallest absolute Gasteiger partial charge is 0.0760 e. The second kappa shape index (κ2) is 5.10. The number of hydrogen-bond donors (Lipinski definition) is 1. The normalized spacial score (nSPS) is 36.5. The quantitative estimate of drug-likeness (QED) is 0.822. The van der Waals surface area contributed by atoms with Crippen LogP contribution in [0.4, 0.5) is 0 Å². The molecule has 2 atom stereocenters. The van der Waals surface area contributed by atoms with Crippen molar-refractivity contribution in [1.29, 1.82) is 0 Å². The van der Waals surface area contributed by atoms with Gasteiger partial charge in [-0.25, -0.2) is 0 Å². The van der Waals surface area contributed by atoms with Crippen LogP contribution in [0.15, 0.2) is 0 Å². The molecule has 0 amide bonds. The van der Waals surface area contributed by atoms with Crippen LogP contribution in [-0.4, -0.2) is 41.8 Å². The number of ether oxygens (including phenoxy) is 1. The van der Waals surface area contributed by atoms with Gasteiger partial charge in [0.1, 0.15) is 0 Å². The summed E-state index contributed by atoms with van der Waals surface area (Å²) in [6.45, 7) is 12.0. The van der Waals surface area contributed by atoms with E-state index < -0.39 is 0 Å². The Balaban J connectivity index is 1.95. The molecule has 0 radical (unpaired) electrons. The van der Waals surface area contributed by atoms with Crippen LogP contribution < -0.4 is 5.73 Å². The highest BCUT2D eigenvalue weighted by Gasteiger charge is 2.39. The summed E-state index contributed by atoms with van der Waals surface area (Å²) in [5, 5.41) is 0. The van der Waals surface area contributed by atoms with Gasteiger partial charge in [0.05, 0.1) is 11.2 Å². The van der Waals surface area contributed by atoms with Crippen LogP contribution in [0.25, 0.3) is 0 Å². The molecule has 18 heavy (non-hydrogen) atoms. The number of nitrogens with zero attached hydrogens (tertiary/aromatic N) is 1. The molecule has 0 bridgehead atoms. The molecule has 0 aromatic rings. The Kier molecular flexibility index (Phi) is 4.05. The van der Waals surface area contributed by atoms with Gasteiger partial charge in [-0.1, -0.05) is 12.8 Å². The van der Waals surface area contributed by atoms with E-state index in [9.17, 15) is 0 Å². The van der Waals surface area contributed by atoms with Crippen LogP contribution in [0.2, 0.25) is 0 Å². The van der Waals surface area contributed by atoms with Gasteiger partial charge in [-0.2, -0.15) is 0 Å². The molecular formula is C15H30N2O. The third kappa shape index (κ3) is 3.69. The summed E-state index contributed by atoms with van der Waals surface area (Å²) in [5.41, 5.74) is 6.19. The van der Waals surface area contributed by atoms with Gasteiger partial charge in [-0.3, -0.25) is 4.90 Å². The minimum absolute atomic E-state index is 0.0412. The molecule has 0 aromatic carbocycles. The molecule has 1 saturated heterocycles. The van der Waals surface area contributed by atoms with E-state index in [1.54, 1.807) is 0 Å². The van der Waals surface area contributed by atoms with Gasteiger partial charge in [0.25, 0.3) is 0 Å². The Hall–Kier alpha value is -0.120. The highest BCUT2D eigenvalue weighted by Crippen LogP contribution is 2.30. The molecule has 2 N–H and O–H groups in total. The fourth-order valence-electron chi connectivity index (χ4n) is 3.87. The van der Waals surface area contributed by atoms with Gasteiger partial charge in [-0.15, -0.1) is 0 Å². The Morgan fingerprint density at radius 1 is 1.06 bits per heavy atom. The molecule has 1 heterocycles. The Morgan fingerprint density at radius 2 is 1.61 bits per heavy atom. The minimum Gasteiger partial charge on any atom is -0.367 e. The first-order valence-corrected chi connectivity index (χ1v) is 7.46. The van der Waals surface area contributed by atoms with E-state index in [1.165, 1.54) is 25.7 Å². The van der Waals surface area contributed by atoms with Crippen LogP contribution in [-0.2, 0) is 4.74 Å². The highest BCUT2D eigenvalue weighted by molar-refractivity contribution is 4.91. The van der Waals surface area contributed by atoms with Crippen LogP contribution >= 0.6 is 0 Å². The van der Waals surface area contributed by atoms with E-state index >= 15 is 0 Å². The maximum atomic E-state index is 6.27. The van der Waals surface area contributed by atoms with Crippen LogP contribution in [0.1, 0.15) is 53.4 Å². The lowest BCUT2D eigenvalue weighted by Gasteiger charge is -2.48. The van der Waals surface area contributed by atoms with E-state index in [2.05, 4.69) is 32.6 Å². The van der Waals surface area contributed by atoms with Crippen molar-refractivity contribution in [3.8, 4) is 0 Å². The lowest BCUT2D eigenvalue weighted by atomic mass is 9.84. The summed E-state index contributed by atoms with van der Waals surface area (Å²) in [5.74, 6) is 0.684. The highest BCUT2D eigenvalue weighted by atomic mass is 16.5. The summed E-state index contributed by atoms with van der Waals surface area (Å²) >= 11 is 0. The first-order chi connectivity index (χ1) is 8.27.